The summed E-state index contributed by atoms with van der Waals surface area (Å²) in [6, 6.07) is 16.2. The standard InChI is InChI=1S/C22H23N3O3S/c26-21(19-14-22(19)9-12-29(27,28)13-10-22)24-20-8-11-23-25(20)15-17-6-3-5-16-4-1-2-7-18(16)17/h1-8,11,19H,9-10,12-15H2,(H,24,26). The van der Waals surface area contributed by atoms with Gasteiger partial charge in [-0.3, -0.25) is 4.79 Å². The van der Waals surface area contributed by atoms with Gasteiger partial charge in [0.1, 0.15) is 15.7 Å². The van der Waals surface area contributed by atoms with Gasteiger partial charge in [0.15, 0.2) is 0 Å². The molecule has 7 heteroatoms. The third kappa shape index (κ3) is 3.44. The molecule has 1 aliphatic heterocycles. The van der Waals surface area contributed by atoms with Crippen LogP contribution >= 0.6 is 0 Å². The molecule has 0 bridgehead atoms. The zero-order chi connectivity index (χ0) is 20.1. The first-order chi connectivity index (χ1) is 14.0. The summed E-state index contributed by atoms with van der Waals surface area (Å²) in [6.07, 6.45) is 3.67. The summed E-state index contributed by atoms with van der Waals surface area (Å²) in [4.78, 5) is 12.8. The number of nitrogens with zero attached hydrogens (tertiary/aromatic N) is 2. The predicted octanol–water partition coefficient (Wildman–Crippen LogP) is 3.24. The van der Waals surface area contributed by atoms with Gasteiger partial charge in [0.25, 0.3) is 0 Å². The second-order valence-corrected chi connectivity index (χ2v) is 10.6. The van der Waals surface area contributed by atoms with E-state index in [-0.39, 0.29) is 28.7 Å². The number of sulfone groups is 1. The third-order valence-corrected chi connectivity index (χ3v) is 8.15. The average Bonchev–Trinajstić information content (AvgIpc) is 3.28. The van der Waals surface area contributed by atoms with E-state index in [0.717, 1.165) is 12.0 Å². The molecule has 1 atom stereocenters. The first-order valence-corrected chi connectivity index (χ1v) is 11.8. The molecule has 2 aliphatic rings. The molecule has 29 heavy (non-hydrogen) atoms. The van der Waals surface area contributed by atoms with Crippen molar-refractivity contribution < 1.29 is 13.2 Å². The molecule has 1 amide bonds. The molecular formula is C22H23N3O3S. The van der Waals surface area contributed by atoms with Gasteiger partial charge in [0.05, 0.1) is 24.2 Å². The molecule has 5 rings (SSSR count). The largest absolute Gasteiger partial charge is 0.311 e. The normalized spacial score (nSPS) is 21.9. The number of amides is 1. The number of nitrogens with one attached hydrogen (secondary N) is 1. The van der Waals surface area contributed by atoms with Gasteiger partial charge in [-0.1, -0.05) is 42.5 Å². The van der Waals surface area contributed by atoms with Crippen LogP contribution in [0.4, 0.5) is 5.82 Å². The number of hydrogen-bond donors (Lipinski definition) is 1. The SMILES string of the molecule is O=C(Nc1ccnn1Cc1cccc2ccccc12)C1CC12CCS(=O)(=O)CC2. The van der Waals surface area contributed by atoms with Crippen molar-refractivity contribution in [2.75, 3.05) is 16.8 Å². The van der Waals surface area contributed by atoms with Gasteiger partial charge in [-0.25, -0.2) is 13.1 Å². The molecule has 1 aromatic heterocycles. The summed E-state index contributed by atoms with van der Waals surface area (Å²) in [5.41, 5.74) is 1.03. The minimum absolute atomic E-state index is 0.0241. The summed E-state index contributed by atoms with van der Waals surface area (Å²) in [6.45, 7) is 0.567. The zero-order valence-corrected chi connectivity index (χ0v) is 16.9. The van der Waals surface area contributed by atoms with Crippen molar-refractivity contribution in [3.8, 4) is 0 Å². The second-order valence-electron chi connectivity index (χ2n) is 8.27. The van der Waals surface area contributed by atoms with Crippen molar-refractivity contribution in [3.63, 3.8) is 0 Å². The quantitative estimate of drug-likeness (QED) is 0.717. The van der Waals surface area contributed by atoms with E-state index < -0.39 is 9.84 Å². The van der Waals surface area contributed by atoms with Crippen LogP contribution in [0.3, 0.4) is 0 Å². The van der Waals surface area contributed by atoms with Crippen LogP contribution in [0.5, 0.6) is 0 Å². The molecule has 2 heterocycles. The maximum Gasteiger partial charge on any atom is 0.229 e. The summed E-state index contributed by atoms with van der Waals surface area (Å²) in [7, 11) is -2.92. The van der Waals surface area contributed by atoms with E-state index in [1.165, 1.54) is 10.8 Å². The molecular weight excluding hydrogens is 386 g/mol. The lowest BCUT2D eigenvalue weighted by atomic mass is 9.96. The highest BCUT2D eigenvalue weighted by Crippen LogP contribution is 2.60. The van der Waals surface area contributed by atoms with Crippen LogP contribution in [-0.2, 0) is 21.2 Å². The Hall–Kier alpha value is -2.67. The number of fused-ring (bicyclic) bond motifs is 1. The Kier molecular flexibility index (Phi) is 4.24. The van der Waals surface area contributed by atoms with Crippen molar-refractivity contribution in [3.05, 3.63) is 60.3 Å². The Morgan fingerprint density at radius 3 is 2.69 bits per heavy atom. The Morgan fingerprint density at radius 1 is 1.10 bits per heavy atom. The van der Waals surface area contributed by atoms with Gasteiger partial charge < -0.3 is 5.32 Å². The fourth-order valence-corrected chi connectivity index (χ4v) is 6.22. The number of benzene rings is 2. The number of aromatic nitrogens is 2. The maximum absolute atomic E-state index is 12.8. The average molecular weight is 410 g/mol. The number of carbonyl (C=O) groups excluding carboxylic acids is 1. The van der Waals surface area contributed by atoms with Crippen LogP contribution in [-0.4, -0.2) is 35.6 Å². The fraction of sp³-hybridized carbons (Fsp3) is 0.364. The summed E-state index contributed by atoms with van der Waals surface area (Å²) in [5.74, 6) is 0.960. The lowest BCUT2D eigenvalue weighted by molar-refractivity contribution is -0.118. The number of rotatable bonds is 4. The van der Waals surface area contributed by atoms with Crippen molar-refractivity contribution >= 4 is 32.3 Å². The molecule has 1 aliphatic carbocycles. The molecule has 1 unspecified atom stereocenters. The number of anilines is 1. The fourth-order valence-electron chi connectivity index (χ4n) is 4.59. The van der Waals surface area contributed by atoms with Gasteiger partial charge in [-0.05, 0) is 41.0 Å². The van der Waals surface area contributed by atoms with E-state index in [1.54, 1.807) is 10.9 Å². The van der Waals surface area contributed by atoms with Crippen molar-refractivity contribution in [1.29, 1.82) is 0 Å². The van der Waals surface area contributed by atoms with Crippen molar-refractivity contribution in [2.45, 2.75) is 25.8 Å². The van der Waals surface area contributed by atoms with E-state index in [0.29, 0.717) is 25.2 Å². The lowest BCUT2D eigenvalue weighted by Crippen LogP contribution is -2.28. The van der Waals surface area contributed by atoms with E-state index in [4.69, 9.17) is 0 Å². The van der Waals surface area contributed by atoms with E-state index >= 15 is 0 Å². The molecule has 2 fully saturated rings. The molecule has 1 spiro atoms. The van der Waals surface area contributed by atoms with Crippen LogP contribution in [0.1, 0.15) is 24.8 Å². The maximum atomic E-state index is 12.8. The molecule has 3 aromatic rings. The van der Waals surface area contributed by atoms with Crippen LogP contribution in [0, 0.1) is 11.3 Å². The van der Waals surface area contributed by atoms with Gasteiger partial charge in [-0.2, -0.15) is 5.10 Å². The van der Waals surface area contributed by atoms with Crippen LogP contribution in [0.25, 0.3) is 10.8 Å². The first kappa shape index (κ1) is 18.4. The predicted molar refractivity (Wildman–Crippen MR) is 112 cm³/mol. The Morgan fingerprint density at radius 2 is 1.86 bits per heavy atom. The zero-order valence-electron chi connectivity index (χ0n) is 16.0. The third-order valence-electron chi connectivity index (χ3n) is 6.50. The molecule has 150 valence electrons. The van der Waals surface area contributed by atoms with Crippen LogP contribution < -0.4 is 5.32 Å². The second kappa shape index (κ2) is 6.69. The number of carbonyl (C=O) groups is 1. The van der Waals surface area contributed by atoms with Crippen molar-refractivity contribution in [1.82, 2.24) is 9.78 Å². The Labute approximate surface area is 169 Å². The monoisotopic (exact) mass is 409 g/mol. The van der Waals surface area contributed by atoms with E-state index in [2.05, 4.69) is 34.7 Å². The highest BCUT2D eigenvalue weighted by atomic mass is 32.2. The van der Waals surface area contributed by atoms with Gasteiger partial charge in [-0.15, -0.1) is 0 Å². The summed E-state index contributed by atoms with van der Waals surface area (Å²) in [5, 5.41) is 9.77. The smallest absolute Gasteiger partial charge is 0.229 e. The minimum Gasteiger partial charge on any atom is -0.311 e. The highest BCUT2D eigenvalue weighted by Gasteiger charge is 2.59. The van der Waals surface area contributed by atoms with Gasteiger partial charge in [0.2, 0.25) is 5.91 Å². The lowest BCUT2D eigenvalue weighted by Gasteiger charge is -2.22. The van der Waals surface area contributed by atoms with E-state index in [1.807, 2.05) is 24.3 Å². The van der Waals surface area contributed by atoms with E-state index in [9.17, 15) is 13.2 Å². The molecule has 2 aromatic carbocycles. The minimum atomic E-state index is -2.92. The molecule has 1 saturated heterocycles. The Balaban J connectivity index is 1.31. The molecule has 0 radical (unpaired) electrons. The molecule has 1 N–H and O–H groups in total. The Bertz CT molecular complexity index is 1180. The first-order valence-electron chi connectivity index (χ1n) is 9.96. The topological polar surface area (TPSA) is 81.1 Å². The van der Waals surface area contributed by atoms with Gasteiger partial charge >= 0.3 is 0 Å². The number of hydrogen-bond acceptors (Lipinski definition) is 4. The summed E-state index contributed by atoms with van der Waals surface area (Å²) < 4.78 is 25.2. The van der Waals surface area contributed by atoms with Gasteiger partial charge in [0, 0.05) is 12.0 Å². The summed E-state index contributed by atoms with van der Waals surface area (Å²) >= 11 is 0. The van der Waals surface area contributed by atoms with Crippen molar-refractivity contribution in [2.24, 2.45) is 11.3 Å². The van der Waals surface area contributed by atoms with Crippen LogP contribution in [0.15, 0.2) is 54.7 Å². The molecule has 1 saturated carbocycles. The highest BCUT2D eigenvalue weighted by molar-refractivity contribution is 7.91. The van der Waals surface area contributed by atoms with Crippen LogP contribution in [0.2, 0.25) is 0 Å². The molecule has 6 nitrogen and oxygen atoms in total.